The zero-order valence-corrected chi connectivity index (χ0v) is 16.5. The summed E-state index contributed by atoms with van der Waals surface area (Å²) in [5, 5.41) is 0. The lowest BCUT2D eigenvalue weighted by Crippen LogP contribution is -2.35. The average molecular weight is 357 g/mol. The minimum Gasteiger partial charge on any atom is -0.381 e. The van der Waals surface area contributed by atoms with Crippen molar-refractivity contribution in [3.05, 3.63) is 59.7 Å². The predicted molar refractivity (Wildman–Crippen MR) is 104 cm³/mol. The van der Waals surface area contributed by atoms with Gasteiger partial charge in [-0.15, -0.1) is 0 Å². The molecule has 1 heterocycles. The average Bonchev–Trinajstić information content (AvgIpc) is 2.62. The lowest BCUT2D eigenvalue weighted by molar-refractivity contribution is -0.0948. The minimum atomic E-state index is -0.203. The zero-order valence-electron chi connectivity index (χ0n) is 15.7. The van der Waals surface area contributed by atoms with Crippen LogP contribution >= 0.6 is 11.8 Å². The maximum Gasteiger partial charge on any atom is 0.0971 e. The molecular formula is C22H28O2S. The van der Waals surface area contributed by atoms with E-state index >= 15 is 0 Å². The number of ether oxygens (including phenoxy) is 2. The summed E-state index contributed by atoms with van der Waals surface area (Å²) < 4.78 is 11.5. The van der Waals surface area contributed by atoms with Crippen LogP contribution in [0.1, 0.15) is 44.7 Å². The van der Waals surface area contributed by atoms with Crippen molar-refractivity contribution in [3.8, 4) is 0 Å². The summed E-state index contributed by atoms with van der Waals surface area (Å²) in [5.74, 6) is 0. The fraction of sp³-hybridized carbons (Fsp3) is 0.455. The van der Waals surface area contributed by atoms with Gasteiger partial charge in [-0.3, -0.25) is 0 Å². The minimum absolute atomic E-state index is 0.191. The highest BCUT2D eigenvalue weighted by molar-refractivity contribution is 7.99. The van der Waals surface area contributed by atoms with Crippen molar-refractivity contribution in [2.24, 2.45) is 0 Å². The summed E-state index contributed by atoms with van der Waals surface area (Å²) >= 11 is 1.81. The van der Waals surface area contributed by atoms with E-state index in [0.717, 1.165) is 26.1 Å². The van der Waals surface area contributed by atoms with Crippen LogP contribution in [0.4, 0.5) is 0 Å². The lowest BCUT2D eigenvalue weighted by Gasteiger charge is -2.36. The summed E-state index contributed by atoms with van der Waals surface area (Å²) in [6, 6.07) is 17.7. The van der Waals surface area contributed by atoms with E-state index in [0.29, 0.717) is 0 Å². The molecule has 0 amide bonds. The first-order chi connectivity index (χ1) is 11.9. The molecule has 0 N–H and O–H groups in total. The smallest absolute Gasteiger partial charge is 0.0971 e. The molecule has 0 aliphatic carbocycles. The number of rotatable bonds is 4. The summed E-state index contributed by atoms with van der Waals surface area (Å²) in [6.45, 7) is 8.27. The van der Waals surface area contributed by atoms with E-state index < -0.39 is 0 Å². The third-order valence-corrected chi connectivity index (χ3v) is 6.00. The van der Waals surface area contributed by atoms with Gasteiger partial charge in [-0.05, 0) is 40.8 Å². The molecule has 1 fully saturated rings. The molecule has 3 heteroatoms. The first-order valence-electron chi connectivity index (χ1n) is 8.95. The normalized spacial score (nSPS) is 17.4. The van der Waals surface area contributed by atoms with E-state index in [1.54, 1.807) is 0 Å². The van der Waals surface area contributed by atoms with E-state index in [2.05, 4.69) is 69.3 Å². The van der Waals surface area contributed by atoms with E-state index in [1.165, 1.54) is 20.9 Å². The van der Waals surface area contributed by atoms with Crippen molar-refractivity contribution >= 4 is 11.8 Å². The van der Waals surface area contributed by atoms with Gasteiger partial charge in [0.05, 0.1) is 5.60 Å². The van der Waals surface area contributed by atoms with Gasteiger partial charge in [0.15, 0.2) is 0 Å². The van der Waals surface area contributed by atoms with Gasteiger partial charge in [-0.25, -0.2) is 0 Å². The van der Waals surface area contributed by atoms with Crippen LogP contribution < -0.4 is 0 Å². The Bertz CT molecular complexity index is 695. The number of benzene rings is 2. The van der Waals surface area contributed by atoms with Crippen LogP contribution in [-0.2, 0) is 20.5 Å². The third-order valence-electron chi connectivity index (χ3n) is 5.01. The molecule has 0 unspecified atom stereocenters. The van der Waals surface area contributed by atoms with Crippen molar-refractivity contribution < 1.29 is 9.47 Å². The maximum atomic E-state index is 5.93. The highest BCUT2D eigenvalue weighted by Crippen LogP contribution is 2.38. The summed E-state index contributed by atoms with van der Waals surface area (Å²) in [6.07, 6.45) is 1.83. The van der Waals surface area contributed by atoms with E-state index in [1.807, 2.05) is 18.9 Å². The topological polar surface area (TPSA) is 18.5 Å². The van der Waals surface area contributed by atoms with Crippen LogP contribution in [0.3, 0.4) is 0 Å². The summed E-state index contributed by atoms with van der Waals surface area (Å²) in [5.41, 5.74) is 2.61. The van der Waals surface area contributed by atoms with Gasteiger partial charge in [0.2, 0.25) is 0 Å². The highest BCUT2D eigenvalue weighted by Gasteiger charge is 2.34. The Balaban J connectivity index is 1.80. The molecule has 1 aliphatic heterocycles. The quantitative estimate of drug-likeness (QED) is 0.691. The van der Waals surface area contributed by atoms with Crippen LogP contribution in [0.25, 0.3) is 0 Å². The highest BCUT2D eigenvalue weighted by atomic mass is 32.2. The van der Waals surface area contributed by atoms with Crippen molar-refractivity contribution in [2.75, 3.05) is 20.3 Å². The van der Waals surface area contributed by atoms with Crippen LogP contribution in [-0.4, -0.2) is 20.3 Å². The standard InChI is InChI=1S/C22H28O2S/c1-21(2,3)17-8-10-19(11-9-17)25-20-7-5-6-18(16-20)22(23-4)12-14-24-15-13-22/h5-11,16H,12-15H2,1-4H3. The van der Waals surface area contributed by atoms with Crippen LogP contribution in [0.5, 0.6) is 0 Å². The second-order valence-corrected chi connectivity index (χ2v) is 8.86. The molecule has 25 heavy (non-hydrogen) atoms. The second-order valence-electron chi connectivity index (χ2n) is 7.72. The molecule has 0 atom stereocenters. The van der Waals surface area contributed by atoms with Crippen LogP contribution in [0, 0.1) is 0 Å². The SMILES string of the molecule is COC1(c2cccc(Sc3ccc(C(C)(C)C)cc3)c2)CCOCC1. The molecular weight excluding hydrogens is 328 g/mol. The molecule has 3 rings (SSSR count). The molecule has 0 saturated carbocycles. The van der Waals surface area contributed by atoms with Gasteiger partial charge in [0.1, 0.15) is 0 Å². The Kier molecular flexibility index (Phi) is 5.57. The van der Waals surface area contributed by atoms with E-state index in [9.17, 15) is 0 Å². The molecule has 0 radical (unpaired) electrons. The molecule has 134 valence electrons. The predicted octanol–water partition coefficient (Wildman–Crippen LogP) is 5.79. The van der Waals surface area contributed by atoms with E-state index in [4.69, 9.17) is 9.47 Å². The second kappa shape index (κ2) is 7.53. The molecule has 0 aromatic heterocycles. The maximum absolute atomic E-state index is 5.93. The van der Waals surface area contributed by atoms with Gasteiger partial charge in [0.25, 0.3) is 0 Å². The Morgan fingerprint density at radius 3 is 2.24 bits per heavy atom. The van der Waals surface area contributed by atoms with Gasteiger partial charge >= 0.3 is 0 Å². The van der Waals surface area contributed by atoms with Crippen LogP contribution in [0.15, 0.2) is 58.3 Å². The van der Waals surface area contributed by atoms with Crippen molar-refractivity contribution in [1.82, 2.24) is 0 Å². The van der Waals surface area contributed by atoms with Gasteiger partial charge in [-0.2, -0.15) is 0 Å². The third kappa shape index (κ3) is 4.28. The lowest BCUT2D eigenvalue weighted by atomic mass is 9.86. The molecule has 2 nitrogen and oxygen atoms in total. The zero-order chi connectivity index (χ0) is 17.9. The molecule has 2 aromatic rings. The van der Waals surface area contributed by atoms with Crippen molar-refractivity contribution in [1.29, 1.82) is 0 Å². The molecule has 0 spiro atoms. The fourth-order valence-electron chi connectivity index (χ4n) is 3.31. The fourth-order valence-corrected chi connectivity index (χ4v) is 4.19. The molecule has 2 aromatic carbocycles. The van der Waals surface area contributed by atoms with Crippen LogP contribution in [0.2, 0.25) is 0 Å². The Hall–Kier alpha value is -1.29. The van der Waals surface area contributed by atoms with Crippen molar-refractivity contribution in [3.63, 3.8) is 0 Å². The number of hydrogen-bond acceptors (Lipinski definition) is 3. The first-order valence-corrected chi connectivity index (χ1v) is 9.76. The van der Waals surface area contributed by atoms with Crippen molar-refractivity contribution in [2.45, 2.75) is 54.4 Å². The number of methoxy groups -OCH3 is 1. The number of hydrogen-bond donors (Lipinski definition) is 0. The Morgan fingerprint density at radius 2 is 1.64 bits per heavy atom. The monoisotopic (exact) mass is 356 g/mol. The Morgan fingerprint density at radius 1 is 0.960 bits per heavy atom. The first kappa shape index (κ1) is 18.5. The van der Waals surface area contributed by atoms with Gasteiger partial charge in [-0.1, -0.05) is 56.8 Å². The molecule has 1 aliphatic rings. The molecule has 1 saturated heterocycles. The van der Waals surface area contributed by atoms with Gasteiger partial charge in [0, 0.05) is 43.0 Å². The van der Waals surface area contributed by atoms with E-state index in [-0.39, 0.29) is 11.0 Å². The molecule has 0 bridgehead atoms. The summed E-state index contributed by atoms with van der Waals surface area (Å²) in [7, 11) is 1.82. The summed E-state index contributed by atoms with van der Waals surface area (Å²) in [4.78, 5) is 2.52. The largest absolute Gasteiger partial charge is 0.381 e. The Labute approximate surface area is 155 Å². The van der Waals surface area contributed by atoms with Gasteiger partial charge < -0.3 is 9.47 Å².